The molecule has 1 amide bonds. The minimum atomic E-state index is -4.37. The average molecular weight is 663 g/mol. The molecule has 0 spiro atoms. The van der Waals surface area contributed by atoms with Crippen molar-refractivity contribution >= 4 is 27.0 Å². The van der Waals surface area contributed by atoms with E-state index in [-0.39, 0.29) is 72.9 Å². The molecule has 45 heavy (non-hydrogen) atoms. The second-order valence-electron chi connectivity index (χ2n) is 12.0. The molecule has 246 valence electrons. The summed E-state index contributed by atoms with van der Waals surface area (Å²) in [6.07, 6.45) is -3.35. The highest BCUT2D eigenvalue weighted by molar-refractivity contribution is 7.89. The summed E-state index contributed by atoms with van der Waals surface area (Å²) in [5, 5.41) is 3.86. The summed E-state index contributed by atoms with van der Waals surface area (Å²) in [6, 6.07) is 3.14. The molecular formula is C28H32F6N6O4S. The molecule has 17 heteroatoms. The molecule has 3 fully saturated rings. The van der Waals surface area contributed by atoms with Gasteiger partial charge in [-0.3, -0.25) is 9.48 Å². The van der Waals surface area contributed by atoms with Gasteiger partial charge < -0.3 is 14.6 Å². The molecule has 1 aliphatic carbocycles. The normalized spacial score (nSPS) is 26.2. The Hall–Kier alpha value is -3.18. The van der Waals surface area contributed by atoms with Crippen LogP contribution in [0.2, 0.25) is 0 Å². The second kappa shape index (κ2) is 11.6. The van der Waals surface area contributed by atoms with Crippen molar-refractivity contribution in [2.24, 2.45) is 17.8 Å². The van der Waals surface area contributed by atoms with Crippen LogP contribution in [0.1, 0.15) is 56.0 Å². The van der Waals surface area contributed by atoms with E-state index >= 15 is 4.39 Å². The van der Waals surface area contributed by atoms with Crippen LogP contribution in [0, 0.1) is 23.6 Å². The third-order valence-corrected chi connectivity index (χ3v) is 10.6. The monoisotopic (exact) mass is 662 g/mol. The van der Waals surface area contributed by atoms with Crippen molar-refractivity contribution in [3.8, 4) is 0 Å². The van der Waals surface area contributed by atoms with E-state index in [9.17, 15) is 35.2 Å². The van der Waals surface area contributed by atoms with Crippen molar-refractivity contribution in [2.75, 3.05) is 26.3 Å². The Morgan fingerprint density at radius 2 is 1.87 bits per heavy atom. The summed E-state index contributed by atoms with van der Waals surface area (Å²) in [7, 11) is -4.24. The number of aryl methyl sites for hydroxylation is 1. The Bertz CT molecular complexity index is 1680. The van der Waals surface area contributed by atoms with Crippen molar-refractivity contribution in [1.82, 2.24) is 29.4 Å². The molecule has 0 bridgehead atoms. The number of nitrogens with one attached hydrogen (secondary N) is 2. The Morgan fingerprint density at radius 1 is 1.16 bits per heavy atom. The summed E-state index contributed by atoms with van der Waals surface area (Å²) >= 11 is 0. The largest absolute Gasteiger partial charge is 0.391 e. The summed E-state index contributed by atoms with van der Waals surface area (Å²) in [6.45, 7) is 0.455. The van der Waals surface area contributed by atoms with Gasteiger partial charge in [0, 0.05) is 12.5 Å². The number of sulfonamides is 1. The van der Waals surface area contributed by atoms with Gasteiger partial charge in [-0.25, -0.2) is 26.6 Å². The van der Waals surface area contributed by atoms with Crippen LogP contribution in [-0.2, 0) is 26.1 Å². The maximum absolute atomic E-state index is 16.1. The van der Waals surface area contributed by atoms with Gasteiger partial charge in [0.15, 0.2) is 10.8 Å². The fourth-order valence-electron chi connectivity index (χ4n) is 6.69. The maximum atomic E-state index is 16.1. The number of aromatic amines is 1. The number of rotatable bonds is 8. The highest BCUT2D eigenvalue weighted by atomic mass is 32.2. The van der Waals surface area contributed by atoms with E-state index in [4.69, 9.17) is 4.74 Å². The van der Waals surface area contributed by atoms with Crippen LogP contribution < -0.4 is 4.72 Å². The molecule has 3 atom stereocenters. The molecule has 6 rings (SSSR count). The Morgan fingerprint density at radius 3 is 2.51 bits per heavy atom. The molecule has 1 saturated carbocycles. The smallest absolute Gasteiger partial charge is 0.380 e. The van der Waals surface area contributed by atoms with Gasteiger partial charge in [0.25, 0.3) is 15.9 Å². The van der Waals surface area contributed by atoms with Gasteiger partial charge in [-0.1, -0.05) is 6.07 Å². The van der Waals surface area contributed by atoms with Crippen molar-refractivity contribution < 1.29 is 44.3 Å². The van der Waals surface area contributed by atoms with Gasteiger partial charge in [-0.05, 0) is 56.2 Å². The van der Waals surface area contributed by atoms with Crippen molar-refractivity contribution in [3.63, 3.8) is 0 Å². The molecule has 2 aliphatic heterocycles. The number of hydrogen-bond donors (Lipinski definition) is 2. The number of hydrogen-bond acceptors (Lipinski definition) is 6. The lowest BCUT2D eigenvalue weighted by Crippen LogP contribution is -2.60. The van der Waals surface area contributed by atoms with Gasteiger partial charge in [-0.2, -0.15) is 23.0 Å². The molecule has 2 aromatic heterocycles. The first-order valence-corrected chi connectivity index (χ1v) is 16.2. The van der Waals surface area contributed by atoms with Crippen molar-refractivity contribution in [2.45, 2.75) is 68.2 Å². The zero-order chi connectivity index (χ0) is 32.3. The number of ether oxygens (including phenoxy) is 1. The van der Waals surface area contributed by atoms with Gasteiger partial charge in [0.2, 0.25) is 5.91 Å². The van der Waals surface area contributed by atoms with Crippen LogP contribution >= 0.6 is 0 Å². The molecule has 10 nitrogen and oxygen atoms in total. The predicted molar refractivity (Wildman–Crippen MR) is 147 cm³/mol. The Kier molecular flexibility index (Phi) is 8.17. The minimum absolute atomic E-state index is 0.0175. The number of nitrogens with zero attached hydrogens (tertiary/aromatic N) is 4. The third kappa shape index (κ3) is 6.05. The Labute approximate surface area is 254 Å². The highest BCUT2D eigenvalue weighted by Crippen LogP contribution is 2.44. The summed E-state index contributed by atoms with van der Waals surface area (Å²) in [5.41, 5.74) is 0.156. The van der Waals surface area contributed by atoms with Crippen LogP contribution in [0.5, 0.6) is 0 Å². The molecule has 2 saturated heterocycles. The first kappa shape index (κ1) is 31.8. The highest BCUT2D eigenvalue weighted by Gasteiger charge is 2.50. The molecule has 0 radical (unpaired) electrons. The SMILES string of the molecule is CCn1nccc1S(=O)(=O)N[C@H](c1nc2c(F)c([C@H]3COC[C@@H]3C(=O)N3CC(F)(F)C3)ccc2[nH]1)C1CCC(C(F)(F)F)CC1. The number of likely N-dealkylation sites (tertiary alicyclic amines) is 1. The number of halogens is 6. The standard InChI is InChI=1S/C28H32F6N6O4S/c1-2-40-21(9-10-35-40)45(42,43)38-23(15-3-5-16(6-4-15)28(32,33)34)25-36-20-8-7-17(22(29)24(20)37-25)18-11-44-12-19(18)26(41)39-13-27(30,31)14-39/h7-10,15-16,18-19,23,38H,2-6,11-14H2,1H3,(H,36,37)/t15?,16?,18-,19+,23+/m1/s1. The number of carbonyl (C=O) groups excluding carboxylic acids is 1. The fourth-order valence-corrected chi connectivity index (χ4v) is 8.14. The number of alkyl halides is 5. The number of carbonyl (C=O) groups is 1. The van der Waals surface area contributed by atoms with Crippen LogP contribution in [0.3, 0.4) is 0 Å². The van der Waals surface area contributed by atoms with E-state index in [1.165, 1.54) is 29.1 Å². The van der Waals surface area contributed by atoms with Crippen LogP contribution in [-0.4, -0.2) is 77.4 Å². The first-order chi connectivity index (χ1) is 21.2. The quantitative estimate of drug-likeness (QED) is 0.343. The summed E-state index contributed by atoms with van der Waals surface area (Å²) < 4.78 is 119. The number of imidazole rings is 1. The second-order valence-corrected chi connectivity index (χ2v) is 13.7. The van der Waals surface area contributed by atoms with Crippen molar-refractivity contribution in [1.29, 1.82) is 0 Å². The minimum Gasteiger partial charge on any atom is -0.380 e. The van der Waals surface area contributed by atoms with Crippen molar-refractivity contribution in [3.05, 3.63) is 41.6 Å². The predicted octanol–water partition coefficient (Wildman–Crippen LogP) is 4.51. The van der Waals surface area contributed by atoms with Gasteiger partial charge in [-0.15, -0.1) is 0 Å². The lowest BCUT2D eigenvalue weighted by atomic mass is 9.78. The zero-order valence-corrected chi connectivity index (χ0v) is 25.0. The van der Waals surface area contributed by atoms with E-state index in [1.807, 2.05) is 0 Å². The number of H-pyrrole nitrogens is 1. The van der Waals surface area contributed by atoms with Crippen LogP contribution in [0.25, 0.3) is 11.0 Å². The lowest BCUT2D eigenvalue weighted by Gasteiger charge is -2.40. The van der Waals surface area contributed by atoms with E-state index in [2.05, 4.69) is 19.8 Å². The topological polar surface area (TPSA) is 122 Å². The van der Waals surface area contributed by atoms with E-state index in [0.29, 0.717) is 0 Å². The number of amides is 1. The number of benzene rings is 1. The summed E-state index contributed by atoms with van der Waals surface area (Å²) in [5.74, 6) is -8.00. The summed E-state index contributed by atoms with van der Waals surface area (Å²) in [4.78, 5) is 21.3. The van der Waals surface area contributed by atoms with Crippen LogP contribution in [0.4, 0.5) is 26.3 Å². The van der Waals surface area contributed by atoms with Gasteiger partial charge in [0.1, 0.15) is 11.3 Å². The van der Waals surface area contributed by atoms with Gasteiger partial charge >= 0.3 is 6.18 Å². The molecule has 4 heterocycles. The van der Waals surface area contributed by atoms with E-state index in [1.54, 1.807) is 6.92 Å². The zero-order valence-electron chi connectivity index (χ0n) is 24.2. The molecule has 0 unspecified atom stereocenters. The average Bonchev–Trinajstić information content (AvgIpc) is 3.74. The molecule has 1 aromatic carbocycles. The third-order valence-electron chi connectivity index (χ3n) is 9.13. The molecular weight excluding hydrogens is 630 g/mol. The fraction of sp³-hybridized carbons (Fsp3) is 0.607. The lowest BCUT2D eigenvalue weighted by molar-refractivity contribution is -0.184. The first-order valence-electron chi connectivity index (χ1n) is 14.7. The number of fused-ring (bicyclic) bond motifs is 1. The molecule has 3 aliphatic rings. The molecule has 2 N–H and O–H groups in total. The van der Waals surface area contributed by atoms with Gasteiger partial charge in [0.05, 0.1) is 55.9 Å². The van der Waals surface area contributed by atoms with E-state index < -0.39 is 76.6 Å². The Balaban J connectivity index is 1.32. The maximum Gasteiger partial charge on any atom is 0.391 e. The van der Waals surface area contributed by atoms with Crippen LogP contribution in [0.15, 0.2) is 29.4 Å². The van der Waals surface area contributed by atoms with E-state index in [0.717, 1.165) is 4.90 Å². The molecule has 3 aromatic rings. The number of aromatic nitrogens is 4.